The van der Waals surface area contributed by atoms with Gasteiger partial charge in [-0.1, -0.05) is 27.7 Å². The predicted molar refractivity (Wildman–Crippen MR) is 69.4 cm³/mol. The van der Waals surface area contributed by atoms with Crippen LogP contribution in [0, 0.1) is 11.3 Å². The van der Waals surface area contributed by atoms with Crippen molar-refractivity contribution >= 4 is 12.1 Å². The molecular formula is C13H25NO4. The SMILES string of the molecule is CC(C)C(C)(C)C(NC(=O)OC(C)(C)C)C(=O)O. The normalized spacial score (nSPS) is 14.2. The zero-order chi connectivity index (χ0) is 14.7. The van der Waals surface area contributed by atoms with Crippen molar-refractivity contribution in [1.82, 2.24) is 5.32 Å². The number of hydrogen-bond acceptors (Lipinski definition) is 3. The number of aliphatic carboxylic acids is 1. The molecule has 106 valence electrons. The molecular weight excluding hydrogens is 234 g/mol. The fourth-order valence-corrected chi connectivity index (χ4v) is 1.32. The van der Waals surface area contributed by atoms with E-state index in [9.17, 15) is 14.7 Å². The maximum absolute atomic E-state index is 11.6. The van der Waals surface area contributed by atoms with Gasteiger partial charge < -0.3 is 15.2 Å². The summed E-state index contributed by atoms with van der Waals surface area (Å²) in [5.41, 5.74) is -1.21. The largest absolute Gasteiger partial charge is 0.480 e. The third-order valence-corrected chi connectivity index (χ3v) is 3.14. The van der Waals surface area contributed by atoms with Gasteiger partial charge >= 0.3 is 12.1 Å². The minimum absolute atomic E-state index is 0.105. The molecule has 0 bridgehead atoms. The lowest BCUT2D eigenvalue weighted by Crippen LogP contribution is -2.53. The van der Waals surface area contributed by atoms with E-state index in [0.29, 0.717) is 0 Å². The van der Waals surface area contributed by atoms with Gasteiger partial charge in [0.2, 0.25) is 0 Å². The Morgan fingerprint density at radius 2 is 1.56 bits per heavy atom. The van der Waals surface area contributed by atoms with Crippen molar-refractivity contribution in [2.24, 2.45) is 11.3 Å². The maximum atomic E-state index is 11.6. The van der Waals surface area contributed by atoms with E-state index in [1.165, 1.54) is 0 Å². The van der Waals surface area contributed by atoms with Gasteiger partial charge in [-0.05, 0) is 32.1 Å². The first kappa shape index (κ1) is 16.7. The van der Waals surface area contributed by atoms with Gasteiger partial charge in [-0.3, -0.25) is 0 Å². The lowest BCUT2D eigenvalue weighted by atomic mass is 9.75. The minimum atomic E-state index is -1.06. The minimum Gasteiger partial charge on any atom is -0.480 e. The summed E-state index contributed by atoms with van der Waals surface area (Å²) in [6, 6.07) is -0.979. The molecule has 1 unspecified atom stereocenters. The smallest absolute Gasteiger partial charge is 0.408 e. The van der Waals surface area contributed by atoms with Gasteiger partial charge in [-0.2, -0.15) is 0 Å². The van der Waals surface area contributed by atoms with Crippen LogP contribution in [-0.2, 0) is 9.53 Å². The molecule has 0 rings (SSSR count). The Kier molecular flexibility index (Phi) is 5.20. The number of ether oxygens (including phenoxy) is 1. The summed E-state index contributed by atoms with van der Waals surface area (Å²) in [7, 11) is 0. The summed E-state index contributed by atoms with van der Waals surface area (Å²) >= 11 is 0. The fourth-order valence-electron chi connectivity index (χ4n) is 1.32. The fraction of sp³-hybridized carbons (Fsp3) is 0.846. The quantitative estimate of drug-likeness (QED) is 0.813. The molecule has 1 atom stereocenters. The number of carbonyl (C=O) groups excluding carboxylic acids is 1. The molecule has 5 heteroatoms. The van der Waals surface area contributed by atoms with Crippen LogP contribution in [0.15, 0.2) is 0 Å². The number of nitrogens with one attached hydrogen (secondary N) is 1. The highest BCUT2D eigenvalue weighted by Crippen LogP contribution is 2.30. The first-order chi connectivity index (χ1) is 7.88. The second-order valence-electron chi connectivity index (χ2n) is 6.39. The molecule has 1 amide bonds. The van der Waals surface area contributed by atoms with E-state index >= 15 is 0 Å². The second-order valence-corrected chi connectivity index (χ2v) is 6.39. The van der Waals surface area contributed by atoms with Crippen molar-refractivity contribution < 1.29 is 19.4 Å². The molecule has 0 aliphatic carbocycles. The summed E-state index contributed by atoms with van der Waals surface area (Å²) in [6.45, 7) is 12.7. The van der Waals surface area contributed by atoms with Crippen LogP contribution in [0.4, 0.5) is 4.79 Å². The average molecular weight is 259 g/mol. The molecule has 18 heavy (non-hydrogen) atoms. The molecule has 0 aliphatic heterocycles. The van der Waals surface area contributed by atoms with Gasteiger partial charge in [0.1, 0.15) is 11.6 Å². The Bertz CT molecular complexity index is 315. The Morgan fingerprint density at radius 3 is 1.83 bits per heavy atom. The Hall–Kier alpha value is -1.26. The van der Waals surface area contributed by atoms with Crippen molar-refractivity contribution in [1.29, 1.82) is 0 Å². The Morgan fingerprint density at radius 1 is 1.11 bits per heavy atom. The van der Waals surface area contributed by atoms with Crippen LogP contribution < -0.4 is 5.32 Å². The predicted octanol–water partition coefficient (Wildman–Crippen LogP) is 2.65. The molecule has 0 saturated heterocycles. The van der Waals surface area contributed by atoms with Gasteiger partial charge in [0.15, 0.2) is 0 Å². The number of rotatable bonds is 4. The second kappa shape index (κ2) is 5.59. The van der Waals surface area contributed by atoms with Crippen molar-refractivity contribution in [3.8, 4) is 0 Å². The van der Waals surface area contributed by atoms with Crippen LogP contribution in [0.3, 0.4) is 0 Å². The molecule has 0 aromatic carbocycles. The molecule has 0 spiro atoms. The van der Waals surface area contributed by atoms with Gasteiger partial charge in [0, 0.05) is 0 Å². The van der Waals surface area contributed by atoms with Crippen molar-refractivity contribution in [3.05, 3.63) is 0 Å². The number of carbonyl (C=O) groups is 2. The van der Waals surface area contributed by atoms with Crippen LogP contribution in [0.1, 0.15) is 48.5 Å². The highest BCUT2D eigenvalue weighted by Gasteiger charge is 2.39. The molecule has 0 aromatic heterocycles. The highest BCUT2D eigenvalue weighted by atomic mass is 16.6. The number of carboxylic acid groups (broad SMARTS) is 1. The van der Waals surface area contributed by atoms with Gasteiger partial charge in [-0.15, -0.1) is 0 Å². The summed E-state index contributed by atoms with van der Waals surface area (Å²) in [5.74, 6) is -0.951. The highest BCUT2D eigenvalue weighted by molar-refractivity contribution is 5.80. The monoisotopic (exact) mass is 259 g/mol. The number of hydrogen-bond donors (Lipinski definition) is 2. The third-order valence-electron chi connectivity index (χ3n) is 3.14. The first-order valence-corrected chi connectivity index (χ1v) is 6.10. The van der Waals surface area contributed by atoms with Crippen molar-refractivity contribution in [3.63, 3.8) is 0 Å². The molecule has 0 saturated carbocycles. The van der Waals surface area contributed by atoms with Gasteiger partial charge in [0.25, 0.3) is 0 Å². The molecule has 0 heterocycles. The standard InChI is InChI=1S/C13H25NO4/c1-8(2)13(6,7)9(10(15)16)14-11(17)18-12(3,4)5/h8-9H,1-7H3,(H,14,17)(H,15,16). The van der Waals surface area contributed by atoms with Crippen molar-refractivity contribution in [2.45, 2.75) is 60.1 Å². The summed E-state index contributed by atoms with van der Waals surface area (Å²) < 4.78 is 5.08. The molecule has 2 N–H and O–H groups in total. The van der Waals surface area contributed by atoms with E-state index in [0.717, 1.165) is 0 Å². The first-order valence-electron chi connectivity index (χ1n) is 6.10. The number of carboxylic acids is 1. The summed E-state index contributed by atoms with van der Waals surface area (Å²) in [5, 5.41) is 11.7. The van der Waals surface area contributed by atoms with Crippen LogP contribution >= 0.6 is 0 Å². The molecule has 5 nitrogen and oxygen atoms in total. The lowest BCUT2D eigenvalue weighted by Gasteiger charge is -2.35. The van der Waals surface area contributed by atoms with Gasteiger partial charge in [0.05, 0.1) is 0 Å². The zero-order valence-corrected chi connectivity index (χ0v) is 12.3. The molecule has 0 fully saturated rings. The Labute approximate surface area is 109 Å². The summed E-state index contributed by atoms with van der Waals surface area (Å²) in [6.07, 6.45) is -0.705. The number of alkyl carbamates (subject to hydrolysis) is 1. The van der Waals surface area contributed by atoms with Crippen LogP contribution in [-0.4, -0.2) is 28.8 Å². The zero-order valence-electron chi connectivity index (χ0n) is 12.3. The summed E-state index contributed by atoms with van der Waals surface area (Å²) in [4.78, 5) is 22.9. The van der Waals surface area contributed by atoms with Crippen LogP contribution in [0.5, 0.6) is 0 Å². The van der Waals surface area contributed by atoms with Gasteiger partial charge in [-0.25, -0.2) is 9.59 Å². The van der Waals surface area contributed by atoms with E-state index in [-0.39, 0.29) is 5.92 Å². The number of amides is 1. The maximum Gasteiger partial charge on any atom is 0.408 e. The molecule has 0 aliphatic rings. The topological polar surface area (TPSA) is 75.6 Å². The van der Waals surface area contributed by atoms with Crippen LogP contribution in [0.25, 0.3) is 0 Å². The van der Waals surface area contributed by atoms with Crippen LogP contribution in [0.2, 0.25) is 0 Å². The Balaban J connectivity index is 4.87. The van der Waals surface area contributed by atoms with Crippen molar-refractivity contribution in [2.75, 3.05) is 0 Å². The molecule has 0 aromatic rings. The lowest BCUT2D eigenvalue weighted by molar-refractivity contribution is -0.143. The van der Waals surface area contributed by atoms with E-state index in [4.69, 9.17) is 4.74 Å². The van der Waals surface area contributed by atoms with E-state index in [1.54, 1.807) is 20.8 Å². The average Bonchev–Trinajstić information content (AvgIpc) is 2.10. The van der Waals surface area contributed by atoms with E-state index < -0.39 is 29.1 Å². The van der Waals surface area contributed by atoms with E-state index in [1.807, 2.05) is 27.7 Å². The third kappa shape index (κ3) is 4.94. The molecule has 0 radical (unpaired) electrons. The van der Waals surface area contributed by atoms with E-state index in [2.05, 4.69) is 5.32 Å².